The smallest absolute Gasteiger partial charge is 0.305 e. The zero-order valence-corrected chi connectivity index (χ0v) is 44.9. The number of rotatable bonds is 18. The van der Waals surface area contributed by atoms with Crippen molar-refractivity contribution in [2.75, 3.05) is 24.0 Å². The van der Waals surface area contributed by atoms with Crippen molar-refractivity contribution < 1.29 is 19.1 Å². The Kier molecular flexibility index (Phi) is 16.0. The van der Waals surface area contributed by atoms with E-state index in [-0.39, 0.29) is 11.9 Å². The average molecular weight is 1040 g/mol. The van der Waals surface area contributed by atoms with Crippen LogP contribution in [0.3, 0.4) is 0 Å². The van der Waals surface area contributed by atoms with E-state index >= 15 is 0 Å². The minimum atomic E-state index is -0.201. The van der Waals surface area contributed by atoms with Gasteiger partial charge in [0.05, 0.1) is 14.2 Å². The summed E-state index contributed by atoms with van der Waals surface area (Å²) in [5.74, 6) is -0.401. The highest BCUT2D eigenvalue weighted by Crippen LogP contribution is 2.40. The van der Waals surface area contributed by atoms with Gasteiger partial charge in [0.1, 0.15) is 0 Å². The summed E-state index contributed by atoms with van der Waals surface area (Å²) < 4.78 is 9.67. The molecule has 0 aliphatic heterocycles. The molecule has 390 valence electrons. The van der Waals surface area contributed by atoms with Gasteiger partial charge >= 0.3 is 11.9 Å². The van der Waals surface area contributed by atoms with Crippen molar-refractivity contribution in [1.29, 1.82) is 0 Å². The lowest BCUT2D eigenvalue weighted by molar-refractivity contribution is -0.141. The molecule has 0 aliphatic rings. The van der Waals surface area contributed by atoms with Gasteiger partial charge in [-0.15, -0.1) is 0 Å². The molecule has 0 spiro atoms. The molecule has 0 aromatic heterocycles. The maximum absolute atomic E-state index is 11.7. The van der Waals surface area contributed by atoms with Gasteiger partial charge in [0.15, 0.2) is 0 Å². The van der Waals surface area contributed by atoms with E-state index in [9.17, 15) is 9.59 Å². The molecule has 0 saturated carbocycles. The Hall–Kier alpha value is -10.0. The number of esters is 2. The van der Waals surface area contributed by atoms with Crippen molar-refractivity contribution in [1.82, 2.24) is 0 Å². The van der Waals surface area contributed by atoms with Crippen LogP contribution in [0.2, 0.25) is 0 Å². The lowest BCUT2D eigenvalue weighted by atomic mass is 9.99. The molecule has 0 unspecified atom stereocenters. The van der Waals surface area contributed by atoms with Crippen LogP contribution in [0.1, 0.15) is 24.0 Å². The van der Waals surface area contributed by atoms with Gasteiger partial charge in [0.2, 0.25) is 0 Å². The molecule has 0 heterocycles. The number of ether oxygens (including phenoxy) is 2. The van der Waals surface area contributed by atoms with E-state index in [0.29, 0.717) is 25.7 Å². The summed E-state index contributed by atoms with van der Waals surface area (Å²) in [5, 5.41) is 0. The lowest BCUT2D eigenvalue weighted by Crippen LogP contribution is -2.09. The first-order valence-electron chi connectivity index (χ1n) is 27.1. The number of carbonyl (C=O) groups is 2. The van der Waals surface area contributed by atoms with Gasteiger partial charge in [-0.1, -0.05) is 206 Å². The predicted molar refractivity (Wildman–Crippen MR) is 329 cm³/mol. The zero-order valence-electron chi connectivity index (χ0n) is 44.9. The normalized spacial score (nSPS) is 10.9. The molecule has 11 rings (SSSR count). The molecule has 0 N–H and O–H groups in total. The maximum atomic E-state index is 11.7. The first-order chi connectivity index (χ1) is 39.3. The van der Waals surface area contributed by atoms with Gasteiger partial charge in [-0.25, -0.2) is 0 Å². The Morgan fingerprint density at radius 1 is 0.250 bits per heavy atom. The molecule has 0 aliphatic carbocycles. The number of carbonyl (C=O) groups excluding carboxylic acids is 2. The molecule has 6 heteroatoms. The third-order valence-electron chi connectivity index (χ3n) is 14.8. The van der Waals surface area contributed by atoms with Crippen molar-refractivity contribution in [3.8, 4) is 66.8 Å². The molecule has 0 atom stereocenters. The topological polar surface area (TPSA) is 59.1 Å². The van der Waals surface area contributed by atoms with E-state index < -0.39 is 0 Å². The van der Waals surface area contributed by atoms with Crippen LogP contribution in [0, 0.1) is 0 Å². The Morgan fingerprint density at radius 2 is 0.425 bits per heavy atom. The molecule has 0 saturated heterocycles. The molecule has 11 aromatic carbocycles. The number of nitrogens with zero attached hydrogens (tertiary/aromatic N) is 2. The SMILES string of the molecule is COC(=O)CCc1ccc(-c2ccc(N(c3ccc(-c4ccccc4)cc3)c3ccc(-c4ccc(-c5ccc(N(c6ccc(-c7ccccc7)cc6)c6ccc(-c7ccc(CCC(=O)OC)cc7)cc6)cc5)cc4)cc3)cc2)cc1. The van der Waals surface area contributed by atoms with Crippen LogP contribution in [0.15, 0.2) is 279 Å². The summed E-state index contributed by atoms with van der Waals surface area (Å²) in [5.41, 5.74) is 22.2. The maximum Gasteiger partial charge on any atom is 0.305 e. The zero-order chi connectivity index (χ0) is 54.6. The van der Waals surface area contributed by atoms with Crippen molar-refractivity contribution in [3.63, 3.8) is 0 Å². The molecule has 0 amide bonds. The highest BCUT2D eigenvalue weighted by atomic mass is 16.5. The fourth-order valence-electron chi connectivity index (χ4n) is 10.3. The number of aryl methyl sites for hydroxylation is 2. The number of hydrogen-bond donors (Lipinski definition) is 0. The van der Waals surface area contributed by atoms with Crippen molar-refractivity contribution in [2.24, 2.45) is 0 Å². The van der Waals surface area contributed by atoms with Crippen LogP contribution < -0.4 is 9.80 Å². The van der Waals surface area contributed by atoms with E-state index in [4.69, 9.17) is 9.47 Å². The van der Waals surface area contributed by atoms with Crippen LogP contribution in [0.5, 0.6) is 0 Å². The van der Waals surface area contributed by atoms with Gasteiger partial charge in [0.25, 0.3) is 0 Å². The second kappa shape index (κ2) is 24.5. The molecule has 0 bridgehead atoms. The first-order valence-corrected chi connectivity index (χ1v) is 27.1. The highest BCUT2D eigenvalue weighted by Gasteiger charge is 2.17. The second-order valence-corrected chi connectivity index (χ2v) is 19.8. The van der Waals surface area contributed by atoms with E-state index in [1.165, 1.54) is 36.5 Å². The summed E-state index contributed by atoms with van der Waals surface area (Å²) in [6.07, 6.45) is 2.03. The molecule has 0 radical (unpaired) electrons. The van der Waals surface area contributed by atoms with Crippen LogP contribution in [0.4, 0.5) is 34.1 Å². The lowest BCUT2D eigenvalue weighted by Gasteiger charge is -2.26. The summed E-state index contributed by atoms with van der Waals surface area (Å²) in [6, 6.07) is 99.2. The fraction of sp³-hybridized carbons (Fsp3) is 0.0811. The fourth-order valence-corrected chi connectivity index (χ4v) is 10.3. The number of methoxy groups -OCH3 is 2. The minimum Gasteiger partial charge on any atom is -0.469 e. The summed E-state index contributed by atoms with van der Waals surface area (Å²) >= 11 is 0. The number of benzene rings is 11. The Bertz CT molecular complexity index is 3530. The third kappa shape index (κ3) is 12.2. The van der Waals surface area contributed by atoms with Crippen molar-refractivity contribution >= 4 is 46.1 Å². The van der Waals surface area contributed by atoms with Crippen LogP contribution in [0.25, 0.3) is 66.8 Å². The third-order valence-corrected chi connectivity index (χ3v) is 14.8. The number of anilines is 6. The Labute approximate surface area is 469 Å². The second-order valence-electron chi connectivity index (χ2n) is 19.8. The van der Waals surface area contributed by atoms with Gasteiger partial charge in [-0.3, -0.25) is 9.59 Å². The molecular weight excluding hydrogens is 981 g/mol. The van der Waals surface area contributed by atoms with Crippen molar-refractivity contribution in [3.05, 3.63) is 290 Å². The minimum absolute atomic E-state index is 0.201. The Balaban J connectivity index is 0.827. The molecular formula is C74H60N2O4. The van der Waals surface area contributed by atoms with Gasteiger partial charge in [0, 0.05) is 47.0 Å². The van der Waals surface area contributed by atoms with Crippen LogP contribution in [-0.4, -0.2) is 26.2 Å². The average Bonchev–Trinajstić information content (AvgIpc) is 3.54. The van der Waals surface area contributed by atoms with Crippen LogP contribution in [-0.2, 0) is 31.9 Å². The van der Waals surface area contributed by atoms with Gasteiger partial charge < -0.3 is 19.3 Å². The quantitative estimate of drug-likeness (QED) is 0.0798. The highest BCUT2D eigenvalue weighted by molar-refractivity contribution is 5.84. The first kappa shape index (κ1) is 52.0. The van der Waals surface area contributed by atoms with Crippen LogP contribution >= 0.6 is 0 Å². The van der Waals surface area contributed by atoms with Gasteiger partial charge in [-0.2, -0.15) is 0 Å². The Morgan fingerprint density at radius 3 is 0.625 bits per heavy atom. The molecule has 6 nitrogen and oxygen atoms in total. The predicted octanol–water partition coefficient (Wildman–Crippen LogP) is 18.8. The standard InChI is InChI=1S/C74H60N2O4/c1-79-73(77)51-17-53-13-19-57(20-14-53)63-31-43-69(44-32-63)75(67-39-27-61(28-40-67)55-9-5-3-6-10-55)71-47-35-65(36-48-71)59-23-25-60(26-24-59)66-37-49-72(50-38-66)76(68-41-29-62(30-42-68)56-11-7-4-8-12-56)70-45-33-64(34-46-70)58-21-15-54(16-22-58)18-52-74(78)80-2/h3-16,19-50H,17-18,51-52H2,1-2H3. The molecule has 80 heavy (non-hydrogen) atoms. The molecule has 0 fully saturated rings. The monoisotopic (exact) mass is 1040 g/mol. The van der Waals surface area contributed by atoms with E-state index in [1.54, 1.807) is 0 Å². The van der Waals surface area contributed by atoms with Gasteiger partial charge in [-0.05, 0) is 164 Å². The van der Waals surface area contributed by atoms with E-state index in [2.05, 4.69) is 277 Å². The summed E-state index contributed by atoms with van der Waals surface area (Å²) in [4.78, 5) is 28.0. The van der Waals surface area contributed by atoms with E-state index in [0.717, 1.165) is 89.8 Å². The van der Waals surface area contributed by atoms with Crippen molar-refractivity contribution in [2.45, 2.75) is 25.7 Å². The largest absolute Gasteiger partial charge is 0.469 e. The summed E-state index contributed by atoms with van der Waals surface area (Å²) in [6.45, 7) is 0. The van der Waals surface area contributed by atoms with E-state index in [1.807, 2.05) is 12.1 Å². The summed E-state index contributed by atoms with van der Waals surface area (Å²) in [7, 11) is 2.85. The number of hydrogen-bond acceptors (Lipinski definition) is 6. The molecule has 11 aromatic rings.